The number of carbonyl (C=O) groups is 1. The predicted molar refractivity (Wildman–Crippen MR) is 98.6 cm³/mol. The van der Waals surface area contributed by atoms with Gasteiger partial charge in [-0.05, 0) is 47.5 Å². The molecule has 4 rings (SSSR count). The highest BCUT2D eigenvalue weighted by atomic mass is 19.1. The minimum atomic E-state index is -0.289. The molecule has 0 spiro atoms. The van der Waals surface area contributed by atoms with Crippen molar-refractivity contribution in [2.45, 2.75) is 19.4 Å². The summed E-state index contributed by atoms with van der Waals surface area (Å²) in [4.78, 5) is 12.0. The predicted octanol–water partition coefficient (Wildman–Crippen LogP) is 4.31. The Kier molecular flexibility index (Phi) is 4.13. The van der Waals surface area contributed by atoms with Crippen LogP contribution in [0.1, 0.15) is 30.5 Å². The average Bonchev–Trinajstić information content (AvgIpc) is 3.33. The molecule has 4 nitrogen and oxygen atoms in total. The van der Waals surface area contributed by atoms with Gasteiger partial charge in [-0.1, -0.05) is 24.3 Å². The van der Waals surface area contributed by atoms with Gasteiger partial charge in [0.15, 0.2) is 0 Å². The van der Waals surface area contributed by atoms with Crippen LogP contribution in [0.4, 0.5) is 4.39 Å². The Balaban J connectivity index is 1.61. The lowest BCUT2D eigenvalue weighted by atomic mass is 9.98. The quantitative estimate of drug-likeness (QED) is 0.695. The third-order valence-corrected chi connectivity index (χ3v) is 4.59. The first-order chi connectivity index (χ1) is 12.6. The Bertz CT molecular complexity index is 944. The molecule has 130 valence electrons. The molecule has 5 heteroatoms. The van der Waals surface area contributed by atoms with Crippen molar-refractivity contribution in [3.05, 3.63) is 90.0 Å². The summed E-state index contributed by atoms with van der Waals surface area (Å²) < 4.78 is 15.2. The number of hydrogen-bond donors (Lipinski definition) is 0. The summed E-state index contributed by atoms with van der Waals surface area (Å²) in [5.74, 6) is -0.416. The van der Waals surface area contributed by atoms with Crippen molar-refractivity contribution in [3.63, 3.8) is 0 Å². The van der Waals surface area contributed by atoms with Gasteiger partial charge in [-0.2, -0.15) is 5.10 Å². The van der Waals surface area contributed by atoms with Crippen LogP contribution < -0.4 is 0 Å². The van der Waals surface area contributed by atoms with Crippen molar-refractivity contribution in [1.82, 2.24) is 9.58 Å². The van der Waals surface area contributed by atoms with Crippen molar-refractivity contribution < 1.29 is 9.18 Å². The Morgan fingerprint density at radius 2 is 1.69 bits per heavy atom. The molecule has 0 aliphatic carbocycles. The molecule has 2 heterocycles. The number of nitrogens with zero attached hydrogens (tertiary/aromatic N) is 3. The van der Waals surface area contributed by atoms with E-state index in [0.29, 0.717) is 6.42 Å². The molecule has 0 fully saturated rings. The van der Waals surface area contributed by atoms with Gasteiger partial charge in [0, 0.05) is 31.4 Å². The van der Waals surface area contributed by atoms with Crippen molar-refractivity contribution in [3.8, 4) is 5.69 Å². The fourth-order valence-electron chi connectivity index (χ4n) is 3.25. The van der Waals surface area contributed by atoms with E-state index in [9.17, 15) is 9.18 Å². The van der Waals surface area contributed by atoms with Crippen molar-refractivity contribution >= 4 is 11.6 Å². The Morgan fingerprint density at radius 1 is 1.04 bits per heavy atom. The van der Waals surface area contributed by atoms with Gasteiger partial charge in [-0.15, -0.1) is 0 Å². The fourth-order valence-corrected chi connectivity index (χ4v) is 3.25. The zero-order valence-corrected chi connectivity index (χ0v) is 14.3. The summed E-state index contributed by atoms with van der Waals surface area (Å²) >= 11 is 0. The largest absolute Gasteiger partial charge is 0.324 e. The third kappa shape index (κ3) is 3.04. The molecule has 1 unspecified atom stereocenters. The summed E-state index contributed by atoms with van der Waals surface area (Å²) in [5, 5.41) is 6.02. The molecule has 26 heavy (non-hydrogen) atoms. The van der Waals surface area contributed by atoms with Crippen LogP contribution >= 0.6 is 0 Å². The van der Waals surface area contributed by atoms with Gasteiger partial charge < -0.3 is 4.57 Å². The topological polar surface area (TPSA) is 37.6 Å². The van der Waals surface area contributed by atoms with Crippen LogP contribution in [-0.2, 0) is 4.79 Å². The summed E-state index contributed by atoms with van der Waals surface area (Å²) in [6.45, 7) is 1.50. The van der Waals surface area contributed by atoms with Crippen molar-refractivity contribution in [1.29, 1.82) is 0 Å². The molecule has 0 radical (unpaired) electrons. The van der Waals surface area contributed by atoms with Gasteiger partial charge in [0.2, 0.25) is 5.91 Å². The molecule has 1 amide bonds. The van der Waals surface area contributed by atoms with Crippen LogP contribution in [-0.4, -0.2) is 21.2 Å². The smallest absolute Gasteiger partial charge is 0.240 e. The number of benzene rings is 2. The molecule has 0 bridgehead atoms. The SMILES string of the molecule is CC(=O)N1N=C(c2ccc(-n3cccc3)cc2)CC1c1ccc(F)cc1. The lowest BCUT2D eigenvalue weighted by Crippen LogP contribution is -2.24. The Morgan fingerprint density at radius 3 is 2.31 bits per heavy atom. The maximum absolute atomic E-state index is 13.2. The van der Waals surface area contributed by atoms with Crippen molar-refractivity contribution in [2.75, 3.05) is 0 Å². The first-order valence-electron chi connectivity index (χ1n) is 8.48. The summed E-state index contributed by atoms with van der Waals surface area (Å²) in [6, 6.07) is 18.1. The van der Waals surface area contributed by atoms with Gasteiger partial charge in [0.1, 0.15) is 5.82 Å². The molecular formula is C21H18FN3O. The van der Waals surface area contributed by atoms with E-state index in [4.69, 9.17) is 0 Å². The second-order valence-electron chi connectivity index (χ2n) is 6.32. The molecule has 0 saturated heterocycles. The zero-order valence-electron chi connectivity index (χ0n) is 14.3. The summed E-state index contributed by atoms with van der Waals surface area (Å²) in [6.07, 6.45) is 4.59. The molecule has 0 N–H and O–H groups in total. The summed E-state index contributed by atoms with van der Waals surface area (Å²) in [7, 11) is 0. The van der Waals surface area contributed by atoms with E-state index in [1.807, 2.05) is 53.4 Å². The highest BCUT2D eigenvalue weighted by Crippen LogP contribution is 2.33. The number of hydrazone groups is 1. The molecule has 3 aromatic rings. The minimum Gasteiger partial charge on any atom is -0.324 e. The van der Waals surface area contributed by atoms with E-state index in [1.165, 1.54) is 24.1 Å². The van der Waals surface area contributed by atoms with Gasteiger partial charge in [0.05, 0.1) is 11.8 Å². The Labute approximate surface area is 151 Å². The van der Waals surface area contributed by atoms with Gasteiger partial charge >= 0.3 is 0 Å². The Hall–Kier alpha value is -3.21. The average molecular weight is 347 g/mol. The second-order valence-corrected chi connectivity index (χ2v) is 6.32. The lowest BCUT2D eigenvalue weighted by Gasteiger charge is -2.20. The van der Waals surface area contributed by atoms with E-state index < -0.39 is 0 Å². The number of halogens is 1. The third-order valence-electron chi connectivity index (χ3n) is 4.59. The molecular weight excluding hydrogens is 329 g/mol. The molecule has 2 aromatic carbocycles. The highest BCUT2D eigenvalue weighted by Gasteiger charge is 2.31. The summed E-state index contributed by atoms with van der Waals surface area (Å²) in [5.41, 5.74) is 3.78. The monoisotopic (exact) mass is 347 g/mol. The van der Waals surface area contributed by atoms with E-state index in [2.05, 4.69) is 5.10 Å². The molecule has 1 atom stereocenters. The first kappa shape index (κ1) is 16.3. The van der Waals surface area contributed by atoms with Gasteiger partial charge in [0.25, 0.3) is 0 Å². The standard InChI is InChI=1S/C21H18FN3O/c1-15(26)25-21(17-4-8-18(22)9-5-17)14-20(23-25)16-6-10-19(11-7-16)24-12-2-3-13-24/h2-13,21H,14H2,1H3. The van der Waals surface area contributed by atoms with Crippen LogP contribution in [0.2, 0.25) is 0 Å². The maximum atomic E-state index is 13.2. The molecule has 1 aromatic heterocycles. The van der Waals surface area contributed by atoms with E-state index >= 15 is 0 Å². The molecule has 0 saturated carbocycles. The van der Waals surface area contributed by atoms with E-state index in [1.54, 1.807) is 12.1 Å². The lowest BCUT2D eigenvalue weighted by molar-refractivity contribution is -0.130. The number of aromatic nitrogens is 1. The van der Waals surface area contributed by atoms with Crippen LogP contribution in [0.5, 0.6) is 0 Å². The van der Waals surface area contributed by atoms with Crippen LogP contribution in [0.3, 0.4) is 0 Å². The maximum Gasteiger partial charge on any atom is 0.240 e. The van der Waals surface area contributed by atoms with Gasteiger partial charge in [-0.3, -0.25) is 4.79 Å². The number of rotatable bonds is 3. The van der Waals surface area contributed by atoms with Crippen molar-refractivity contribution in [2.24, 2.45) is 5.10 Å². The van der Waals surface area contributed by atoms with Crippen LogP contribution in [0.25, 0.3) is 5.69 Å². The van der Waals surface area contributed by atoms with E-state index in [-0.39, 0.29) is 17.8 Å². The van der Waals surface area contributed by atoms with Crippen LogP contribution in [0, 0.1) is 5.82 Å². The number of hydrogen-bond acceptors (Lipinski definition) is 2. The number of carbonyl (C=O) groups excluding carboxylic acids is 1. The molecule has 1 aliphatic rings. The van der Waals surface area contributed by atoms with Gasteiger partial charge in [-0.25, -0.2) is 9.40 Å². The second kappa shape index (κ2) is 6.59. The van der Waals surface area contributed by atoms with E-state index in [0.717, 1.165) is 22.5 Å². The molecule has 1 aliphatic heterocycles. The zero-order chi connectivity index (χ0) is 18.1. The fraction of sp³-hybridized carbons (Fsp3) is 0.143. The normalized spacial score (nSPS) is 16.6. The minimum absolute atomic E-state index is 0.127. The highest BCUT2D eigenvalue weighted by molar-refractivity contribution is 6.03. The van der Waals surface area contributed by atoms with Crippen LogP contribution in [0.15, 0.2) is 78.2 Å². The number of amides is 1. The first-order valence-corrected chi connectivity index (χ1v) is 8.48.